The number of nitrogens with zero attached hydrogens (tertiary/aromatic N) is 4. The molecule has 3 N–H and O–H groups in total. The lowest BCUT2D eigenvalue weighted by Gasteiger charge is -2.28. The Morgan fingerprint density at radius 3 is 2.81 bits per heavy atom. The zero-order chi connectivity index (χ0) is 22.0. The summed E-state index contributed by atoms with van der Waals surface area (Å²) in [5, 5.41) is 20.5. The lowest BCUT2D eigenvalue weighted by molar-refractivity contribution is -0.113. The molecule has 0 radical (unpaired) electrons. The Bertz CT molecular complexity index is 1150. The summed E-state index contributed by atoms with van der Waals surface area (Å²) >= 11 is 12.4. The summed E-state index contributed by atoms with van der Waals surface area (Å²) in [5.74, 6) is 1.20. The summed E-state index contributed by atoms with van der Waals surface area (Å²) in [6.45, 7) is 1.85. The van der Waals surface area contributed by atoms with Crippen molar-refractivity contribution in [2.75, 3.05) is 17.2 Å². The van der Waals surface area contributed by atoms with Crippen molar-refractivity contribution in [3.63, 3.8) is 0 Å². The van der Waals surface area contributed by atoms with Crippen LogP contribution >= 0.6 is 23.2 Å². The Balaban J connectivity index is 1.78. The van der Waals surface area contributed by atoms with Crippen molar-refractivity contribution in [1.29, 1.82) is 0 Å². The molecule has 0 aliphatic carbocycles. The smallest absolute Gasteiger partial charge is 0.257 e. The van der Waals surface area contributed by atoms with Crippen LogP contribution < -0.4 is 10.6 Å². The minimum Gasteiger partial charge on any atom is -0.396 e. The lowest BCUT2D eigenvalue weighted by atomic mass is 9.95. The molecule has 31 heavy (non-hydrogen) atoms. The van der Waals surface area contributed by atoms with Crippen LogP contribution in [0, 0.1) is 0 Å². The highest BCUT2D eigenvalue weighted by Gasteiger charge is 2.34. The molecule has 3 aromatic rings. The molecule has 0 bridgehead atoms. The normalized spacial score (nSPS) is 15.4. The Morgan fingerprint density at radius 1 is 1.26 bits per heavy atom. The van der Waals surface area contributed by atoms with Crippen LogP contribution in [-0.4, -0.2) is 37.4 Å². The average molecular weight is 459 g/mol. The summed E-state index contributed by atoms with van der Waals surface area (Å²) in [4.78, 5) is 22.0. The van der Waals surface area contributed by atoms with E-state index in [0.29, 0.717) is 51.7 Å². The van der Waals surface area contributed by atoms with Crippen LogP contribution in [0.1, 0.15) is 30.8 Å². The third-order valence-electron chi connectivity index (χ3n) is 4.87. The Hall–Kier alpha value is -2.94. The molecule has 4 rings (SSSR count). The molecule has 1 atom stereocenters. The molecule has 0 saturated carbocycles. The number of rotatable bonds is 6. The number of carbonyl (C=O) groups is 1. The number of aliphatic hydroxyl groups is 1. The molecule has 1 aliphatic heterocycles. The summed E-state index contributed by atoms with van der Waals surface area (Å²) < 4.78 is 1.66. The van der Waals surface area contributed by atoms with Gasteiger partial charge in [0.2, 0.25) is 5.95 Å². The Labute approximate surface area is 188 Å². The molecule has 0 saturated heterocycles. The number of carbonyl (C=O) groups excluding carboxylic acids is 1. The maximum atomic E-state index is 13.3. The third-order valence-corrected chi connectivity index (χ3v) is 5.60. The molecule has 1 aliphatic rings. The number of allylic oxidation sites excluding steroid dienone is 1. The fourth-order valence-corrected chi connectivity index (χ4v) is 3.75. The summed E-state index contributed by atoms with van der Waals surface area (Å²) in [6.07, 6.45) is 2.66. The van der Waals surface area contributed by atoms with Crippen molar-refractivity contribution in [3.8, 4) is 0 Å². The SMILES string of the molecule is CC1=C(C(=O)Nc2ccccn2)C(c2ccc(Cl)c(Cl)c2)n2nc(CCCO)nc2N1. The van der Waals surface area contributed by atoms with E-state index in [1.54, 1.807) is 41.2 Å². The van der Waals surface area contributed by atoms with E-state index in [9.17, 15) is 4.79 Å². The number of anilines is 2. The highest BCUT2D eigenvalue weighted by molar-refractivity contribution is 6.42. The van der Waals surface area contributed by atoms with Gasteiger partial charge in [-0.05, 0) is 43.2 Å². The number of amides is 1. The standard InChI is InChI=1S/C21H20Cl2N6O2/c1-12-18(20(31)26-16-5-2-3-9-24-16)19(13-7-8-14(22)15(23)11-13)29-21(25-12)27-17(28-29)6-4-10-30/h2-3,5,7-9,11,19,30H,4,6,10H2,1H3,(H,24,26,31)(H,25,27,28). The van der Waals surface area contributed by atoms with Crippen LogP contribution in [0.3, 0.4) is 0 Å². The summed E-state index contributed by atoms with van der Waals surface area (Å²) in [7, 11) is 0. The van der Waals surface area contributed by atoms with Crippen LogP contribution in [-0.2, 0) is 11.2 Å². The molecule has 8 nitrogen and oxygen atoms in total. The van der Waals surface area contributed by atoms with Crippen molar-refractivity contribution in [3.05, 3.63) is 75.3 Å². The van der Waals surface area contributed by atoms with Gasteiger partial charge in [-0.1, -0.05) is 35.3 Å². The maximum Gasteiger partial charge on any atom is 0.257 e. The van der Waals surface area contributed by atoms with Gasteiger partial charge in [-0.3, -0.25) is 4.79 Å². The van der Waals surface area contributed by atoms with Crippen LogP contribution in [0.4, 0.5) is 11.8 Å². The van der Waals surface area contributed by atoms with E-state index < -0.39 is 6.04 Å². The van der Waals surface area contributed by atoms with E-state index in [1.807, 2.05) is 13.0 Å². The van der Waals surface area contributed by atoms with Crippen molar-refractivity contribution in [2.24, 2.45) is 0 Å². The van der Waals surface area contributed by atoms with Gasteiger partial charge in [0.05, 0.1) is 15.6 Å². The number of aliphatic hydroxyl groups excluding tert-OH is 1. The first-order chi connectivity index (χ1) is 15.0. The number of hydrogen-bond donors (Lipinski definition) is 3. The van der Waals surface area contributed by atoms with E-state index >= 15 is 0 Å². The van der Waals surface area contributed by atoms with Crippen LogP contribution in [0.25, 0.3) is 0 Å². The van der Waals surface area contributed by atoms with E-state index in [0.717, 1.165) is 5.56 Å². The maximum absolute atomic E-state index is 13.3. The van der Waals surface area contributed by atoms with E-state index in [-0.39, 0.29) is 12.5 Å². The molecular weight excluding hydrogens is 439 g/mol. The number of aryl methyl sites for hydroxylation is 1. The highest BCUT2D eigenvalue weighted by Crippen LogP contribution is 2.37. The summed E-state index contributed by atoms with van der Waals surface area (Å²) in [6, 6.07) is 9.92. The predicted octanol–water partition coefficient (Wildman–Crippen LogP) is 3.83. The molecule has 0 fully saturated rings. The van der Waals surface area contributed by atoms with Gasteiger partial charge in [0, 0.05) is 24.9 Å². The van der Waals surface area contributed by atoms with Gasteiger partial charge >= 0.3 is 0 Å². The number of aromatic nitrogens is 4. The van der Waals surface area contributed by atoms with Gasteiger partial charge in [-0.25, -0.2) is 9.67 Å². The largest absolute Gasteiger partial charge is 0.396 e. The number of nitrogens with one attached hydrogen (secondary N) is 2. The zero-order valence-corrected chi connectivity index (χ0v) is 18.2. The molecule has 2 aromatic heterocycles. The van der Waals surface area contributed by atoms with E-state index in [4.69, 9.17) is 28.3 Å². The number of halogens is 2. The Morgan fingerprint density at radius 2 is 2.10 bits per heavy atom. The number of pyridine rings is 1. The van der Waals surface area contributed by atoms with Gasteiger partial charge < -0.3 is 15.7 Å². The fourth-order valence-electron chi connectivity index (χ4n) is 3.44. The second kappa shape index (κ2) is 9.05. The summed E-state index contributed by atoms with van der Waals surface area (Å²) in [5.41, 5.74) is 1.83. The second-order valence-corrected chi connectivity index (χ2v) is 7.85. The lowest BCUT2D eigenvalue weighted by Crippen LogP contribution is -2.31. The number of benzene rings is 1. The predicted molar refractivity (Wildman–Crippen MR) is 119 cm³/mol. The monoisotopic (exact) mass is 458 g/mol. The number of fused-ring (bicyclic) bond motifs is 1. The van der Waals surface area contributed by atoms with Gasteiger partial charge in [0.1, 0.15) is 11.9 Å². The molecule has 1 amide bonds. The molecule has 3 heterocycles. The van der Waals surface area contributed by atoms with Crippen molar-refractivity contribution in [1.82, 2.24) is 19.7 Å². The molecule has 1 aromatic carbocycles. The van der Waals surface area contributed by atoms with E-state index in [1.165, 1.54) is 0 Å². The zero-order valence-electron chi connectivity index (χ0n) is 16.6. The number of hydrogen-bond acceptors (Lipinski definition) is 6. The van der Waals surface area contributed by atoms with Crippen molar-refractivity contribution < 1.29 is 9.90 Å². The highest BCUT2D eigenvalue weighted by atomic mass is 35.5. The topological polar surface area (TPSA) is 105 Å². The molecule has 0 spiro atoms. The van der Waals surface area contributed by atoms with Gasteiger partial charge in [-0.2, -0.15) is 10.1 Å². The van der Waals surface area contributed by atoms with Gasteiger partial charge in [0.25, 0.3) is 5.91 Å². The molecule has 1 unspecified atom stereocenters. The van der Waals surface area contributed by atoms with Gasteiger partial charge in [0.15, 0.2) is 5.82 Å². The second-order valence-electron chi connectivity index (χ2n) is 7.03. The minimum absolute atomic E-state index is 0.0442. The third kappa shape index (κ3) is 4.41. The van der Waals surface area contributed by atoms with E-state index in [2.05, 4.69) is 25.7 Å². The van der Waals surface area contributed by atoms with Gasteiger partial charge in [-0.15, -0.1) is 0 Å². The van der Waals surface area contributed by atoms with Crippen molar-refractivity contribution in [2.45, 2.75) is 25.8 Å². The van der Waals surface area contributed by atoms with Crippen molar-refractivity contribution >= 4 is 40.9 Å². The first-order valence-corrected chi connectivity index (χ1v) is 10.4. The first kappa shape index (κ1) is 21.3. The molecule has 10 heteroatoms. The Kier molecular flexibility index (Phi) is 6.22. The quantitative estimate of drug-likeness (QED) is 0.518. The van der Waals surface area contributed by atoms with Crippen LogP contribution in [0.15, 0.2) is 53.9 Å². The average Bonchev–Trinajstić information content (AvgIpc) is 3.16. The van der Waals surface area contributed by atoms with Crippen LogP contribution in [0.2, 0.25) is 10.0 Å². The first-order valence-electron chi connectivity index (χ1n) is 9.69. The minimum atomic E-state index is -0.579. The molecule has 160 valence electrons. The fraction of sp³-hybridized carbons (Fsp3) is 0.238. The van der Waals surface area contributed by atoms with Crippen LogP contribution in [0.5, 0.6) is 0 Å². The molecular formula is C21H20Cl2N6O2.